The minimum Gasteiger partial charge on any atom is -0.612 e. The predicted molar refractivity (Wildman–Crippen MR) is 122 cm³/mol. The molecule has 2 aliphatic carbocycles. The molecule has 2 N–H and O–H groups in total. The van der Waals surface area contributed by atoms with Crippen molar-refractivity contribution in [1.29, 1.82) is 0 Å². The fourth-order valence-corrected chi connectivity index (χ4v) is 4.38. The zero-order chi connectivity index (χ0) is 22.4. The molecule has 1 aliphatic heterocycles. The van der Waals surface area contributed by atoms with Crippen LogP contribution in [0, 0.1) is 34.1 Å². The maximum atomic E-state index is 10.8. The molecule has 3 rings (SSSR count). The van der Waals surface area contributed by atoms with Crippen molar-refractivity contribution in [2.45, 2.75) is 33.6 Å². The highest BCUT2D eigenvalue weighted by molar-refractivity contribution is 6.02. The minimum atomic E-state index is -0.414. The first-order valence-electron chi connectivity index (χ1n) is 10.9. The number of ether oxygens (including phenoxy) is 2. The average Bonchev–Trinajstić information content (AvgIpc) is 3.21. The molecule has 0 bridgehead atoms. The van der Waals surface area contributed by atoms with Gasteiger partial charge in [0.2, 0.25) is 17.5 Å². The second kappa shape index (κ2) is 10.6. The topological polar surface area (TPSA) is 104 Å². The van der Waals surface area contributed by atoms with Crippen molar-refractivity contribution in [2.24, 2.45) is 28.8 Å². The van der Waals surface area contributed by atoms with E-state index in [9.17, 15) is 10.4 Å². The van der Waals surface area contributed by atoms with E-state index in [-0.39, 0.29) is 5.71 Å². The molecule has 0 aromatic heterocycles. The lowest BCUT2D eigenvalue weighted by atomic mass is 9.70. The normalized spacial score (nSPS) is 25.5. The third-order valence-electron chi connectivity index (χ3n) is 6.21. The first kappa shape index (κ1) is 23.1. The summed E-state index contributed by atoms with van der Waals surface area (Å²) >= 11 is 0. The van der Waals surface area contributed by atoms with Crippen LogP contribution in [0.4, 0.5) is 0 Å². The van der Waals surface area contributed by atoms with Crippen LogP contribution in [0.15, 0.2) is 52.5 Å². The van der Waals surface area contributed by atoms with E-state index >= 15 is 0 Å². The smallest absolute Gasteiger partial charge is 0.222 e. The Hall–Kier alpha value is -2.58. The van der Waals surface area contributed by atoms with E-state index in [2.05, 4.69) is 42.7 Å². The summed E-state index contributed by atoms with van der Waals surface area (Å²) in [7, 11) is 1.72. The number of hydrogen-bond donors (Lipinski definition) is 2. The largest absolute Gasteiger partial charge is 0.612 e. The number of hydrogen-bond acceptors (Lipinski definition) is 7. The summed E-state index contributed by atoms with van der Waals surface area (Å²) in [6.07, 6.45) is 10.5. The molecular weight excluding hydrogens is 396 g/mol. The third kappa shape index (κ3) is 5.98. The summed E-state index contributed by atoms with van der Waals surface area (Å²) in [5, 5.41) is 29.5. The average molecular weight is 430 g/mol. The van der Waals surface area contributed by atoms with Gasteiger partial charge in [0.25, 0.3) is 0 Å². The van der Waals surface area contributed by atoms with Gasteiger partial charge in [-0.15, -0.1) is 5.10 Å². The van der Waals surface area contributed by atoms with Gasteiger partial charge in [-0.3, -0.25) is 0 Å². The van der Waals surface area contributed by atoms with E-state index in [1.165, 1.54) is 17.7 Å². The lowest BCUT2D eigenvalue weighted by Crippen LogP contribution is -2.35. The van der Waals surface area contributed by atoms with Crippen LogP contribution in [0.2, 0.25) is 0 Å². The Morgan fingerprint density at radius 1 is 1.29 bits per heavy atom. The molecule has 3 atom stereocenters. The molecule has 31 heavy (non-hydrogen) atoms. The van der Waals surface area contributed by atoms with E-state index in [1.54, 1.807) is 19.3 Å². The molecule has 0 saturated heterocycles. The highest BCUT2D eigenvalue weighted by Gasteiger charge is 2.33. The van der Waals surface area contributed by atoms with Gasteiger partial charge in [-0.1, -0.05) is 25.5 Å². The monoisotopic (exact) mass is 429 g/mol. The van der Waals surface area contributed by atoms with Gasteiger partial charge in [-0.05, 0) is 49.2 Å². The van der Waals surface area contributed by atoms with Crippen LogP contribution in [-0.2, 0) is 9.47 Å². The lowest BCUT2D eigenvalue weighted by Gasteiger charge is -2.37. The van der Waals surface area contributed by atoms with Gasteiger partial charge < -0.3 is 25.2 Å². The molecule has 3 aliphatic rings. The minimum absolute atomic E-state index is 0.0532. The van der Waals surface area contributed by atoms with Crippen LogP contribution in [0.25, 0.3) is 0 Å². The quantitative estimate of drug-likeness (QED) is 0.266. The molecule has 0 aromatic rings. The Labute approximate surface area is 184 Å². The molecule has 0 saturated carbocycles. The summed E-state index contributed by atoms with van der Waals surface area (Å²) in [5.74, 6) is 3.26. The maximum absolute atomic E-state index is 10.8. The molecule has 1 heterocycles. The summed E-state index contributed by atoms with van der Waals surface area (Å²) in [6, 6.07) is 0. The van der Waals surface area contributed by atoms with E-state index in [4.69, 9.17) is 9.47 Å². The molecule has 0 amide bonds. The van der Waals surface area contributed by atoms with E-state index in [0.29, 0.717) is 35.5 Å². The number of nitrogens with one attached hydrogen (secondary N) is 2. The highest BCUT2D eigenvalue weighted by atomic mass is 16.8. The summed E-state index contributed by atoms with van der Waals surface area (Å²) in [6.45, 7) is 9.35. The fraction of sp³-hybridized carbons (Fsp3) is 0.565. The molecule has 0 spiro atoms. The molecule has 8 nitrogen and oxygen atoms in total. The van der Waals surface area contributed by atoms with Gasteiger partial charge >= 0.3 is 0 Å². The molecule has 0 radical (unpaired) electrons. The van der Waals surface area contributed by atoms with Gasteiger partial charge in [-0.2, -0.15) is 4.90 Å². The Morgan fingerprint density at radius 3 is 2.68 bits per heavy atom. The number of methoxy groups -OCH3 is 1. The first-order valence-corrected chi connectivity index (χ1v) is 10.9. The number of allylic oxidation sites excluding steroid dienone is 6. The van der Waals surface area contributed by atoms with E-state index < -0.39 is 4.90 Å². The standard InChI is InChI=1S/C23H33N4O4/c1-15(2)21-12-18(16(3)11-19(21)14-24-9-10-30-4)13-22-25-26-23(31-22)17-5-7-20(8-6-17)27(28)29/h5-8,11,15,18-19,21,24,26H,9-10,12-14H2,1-4H3/q-1/t18-,19-,21-/m0/s1. The maximum Gasteiger partial charge on any atom is 0.222 e. The van der Waals surface area contributed by atoms with Crippen molar-refractivity contribution in [3.05, 3.63) is 57.8 Å². The van der Waals surface area contributed by atoms with Gasteiger partial charge in [0.1, 0.15) is 0 Å². The lowest BCUT2D eigenvalue weighted by molar-refractivity contribution is -0.377. The van der Waals surface area contributed by atoms with Crippen LogP contribution in [-0.4, -0.2) is 43.3 Å². The molecule has 8 heteroatoms. The molecular formula is C23H33N4O4-. The van der Waals surface area contributed by atoms with Gasteiger partial charge in [0, 0.05) is 44.3 Å². The fourth-order valence-electron chi connectivity index (χ4n) is 4.38. The predicted octanol–water partition coefficient (Wildman–Crippen LogP) is 3.19. The van der Waals surface area contributed by atoms with Crippen LogP contribution in [0.1, 0.15) is 33.6 Å². The number of rotatable bonds is 8. The Morgan fingerprint density at radius 2 is 2.03 bits per heavy atom. The number of hydrazone groups is 1. The Balaban J connectivity index is 1.61. The van der Waals surface area contributed by atoms with E-state index in [1.807, 2.05) is 0 Å². The van der Waals surface area contributed by atoms with Crippen molar-refractivity contribution in [3.63, 3.8) is 0 Å². The van der Waals surface area contributed by atoms with Crippen molar-refractivity contribution >= 4 is 11.6 Å². The van der Waals surface area contributed by atoms with Crippen LogP contribution < -0.4 is 10.7 Å². The molecule has 0 unspecified atom stereocenters. The van der Waals surface area contributed by atoms with Crippen LogP contribution in [0.3, 0.4) is 0 Å². The number of nitrogens with zero attached hydrogens (tertiary/aromatic N) is 2. The van der Waals surface area contributed by atoms with E-state index in [0.717, 1.165) is 38.1 Å². The van der Waals surface area contributed by atoms with Crippen molar-refractivity contribution in [2.75, 3.05) is 26.8 Å². The van der Waals surface area contributed by atoms with Crippen molar-refractivity contribution < 1.29 is 14.4 Å². The Kier molecular flexibility index (Phi) is 7.92. The van der Waals surface area contributed by atoms with Crippen LogP contribution in [0.5, 0.6) is 0 Å². The molecule has 0 fully saturated rings. The van der Waals surface area contributed by atoms with Gasteiger partial charge in [0.15, 0.2) is 0 Å². The van der Waals surface area contributed by atoms with Crippen molar-refractivity contribution in [1.82, 2.24) is 10.7 Å². The van der Waals surface area contributed by atoms with Gasteiger partial charge in [-0.25, -0.2) is 5.43 Å². The first-order chi connectivity index (χ1) is 14.9. The molecule has 0 aromatic carbocycles. The zero-order valence-electron chi connectivity index (χ0n) is 18.8. The SMILES string of the molecule is COCCNC[C@@H]1C=C(C)[C@H](CC2=NNC(=C3C=CC(=[N+]([O-])[O-])C=C3)O2)C[C@H]1C(C)C. The summed E-state index contributed by atoms with van der Waals surface area (Å²) < 4.78 is 11.1. The third-order valence-corrected chi connectivity index (χ3v) is 6.21. The second-order valence-corrected chi connectivity index (χ2v) is 8.67. The Bertz CT molecular complexity index is 817. The van der Waals surface area contributed by atoms with Gasteiger partial charge in [0.05, 0.1) is 6.61 Å². The highest BCUT2D eigenvalue weighted by Crippen LogP contribution is 2.39. The van der Waals surface area contributed by atoms with Crippen LogP contribution >= 0.6 is 0 Å². The summed E-state index contributed by atoms with van der Waals surface area (Å²) in [5.41, 5.74) is 5.10. The second-order valence-electron chi connectivity index (χ2n) is 8.67. The molecule has 170 valence electrons. The van der Waals surface area contributed by atoms with Crippen molar-refractivity contribution in [3.8, 4) is 0 Å². The summed E-state index contributed by atoms with van der Waals surface area (Å²) in [4.78, 5) is -0.414. The zero-order valence-corrected chi connectivity index (χ0v) is 18.8.